The van der Waals surface area contributed by atoms with E-state index in [2.05, 4.69) is 10.6 Å². The molecular formula is C17H21ClN4O2. The topological polar surface area (TPSA) is 66.4 Å². The smallest absolute Gasteiger partial charge is 0.313 e. The first-order valence-corrected chi connectivity index (χ1v) is 7.89. The number of para-hydroxylation sites is 1. The molecular weight excluding hydrogens is 328 g/mol. The zero-order chi connectivity index (χ0) is 17.7. The molecule has 6 nitrogen and oxygen atoms in total. The van der Waals surface area contributed by atoms with Gasteiger partial charge in [-0.05, 0) is 38.4 Å². The van der Waals surface area contributed by atoms with Crippen molar-refractivity contribution < 1.29 is 9.59 Å². The number of aromatic nitrogens is 1. The van der Waals surface area contributed by atoms with E-state index < -0.39 is 11.8 Å². The molecule has 128 valence electrons. The first-order valence-electron chi connectivity index (χ1n) is 7.51. The number of nitrogens with zero attached hydrogens (tertiary/aromatic N) is 2. The third kappa shape index (κ3) is 4.37. The van der Waals surface area contributed by atoms with Crippen molar-refractivity contribution >= 4 is 29.1 Å². The molecule has 2 aromatic rings. The van der Waals surface area contributed by atoms with Crippen molar-refractivity contribution in [2.45, 2.75) is 6.04 Å². The molecule has 2 amide bonds. The maximum Gasteiger partial charge on any atom is 0.313 e. The lowest BCUT2D eigenvalue weighted by molar-refractivity contribution is -0.136. The van der Waals surface area contributed by atoms with Crippen LogP contribution >= 0.6 is 11.6 Å². The van der Waals surface area contributed by atoms with Crippen LogP contribution in [0.1, 0.15) is 11.7 Å². The number of hydrogen-bond acceptors (Lipinski definition) is 3. The molecule has 1 aromatic carbocycles. The highest BCUT2D eigenvalue weighted by molar-refractivity contribution is 6.41. The zero-order valence-corrected chi connectivity index (χ0v) is 14.7. The number of hydrogen-bond donors (Lipinski definition) is 2. The summed E-state index contributed by atoms with van der Waals surface area (Å²) in [6.45, 7) is 0.319. The van der Waals surface area contributed by atoms with Crippen molar-refractivity contribution in [1.29, 1.82) is 0 Å². The third-order valence-electron chi connectivity index (χ3n) is 3.73. The van der Waals surface area contributed by atoms with E-state index in [-0.39, 0.29) is 6.04 Å². The Balaban J connectivity index is 1.97. The predicted molar refractivity (Wildman–Crippen MR) is 94.9 cm³/mol. The van der Waals surface area contributed by atoms with E-state index in [1.54, 1.807) is 24.3 Å². The van der Waals surface area contributed by atoms with Crippen LogP contribution in [-0.2, 0) is 16.6 Å². The van der Waals surface area contributed by atoms with E-state index in [1.165, 1.54) is 0 Å². The quantitative estimate of drug-likeness (QED) is 0.813. The highest BCUT2D eigenvalue weighted by Gasteiger charge is 2.20. The van der Waals surface area contributed by atoms with Gasteiger partial charge in [-0.3, -0.25) is 14.5 Å². The van der Waals surface area contributed by atoms with Crippen LogP contribution in [0.4, 0.5) is 5.69 Å². The minimum Gasteiger partial charge on any atom is -0.353 e. The molecule has 0 aliphatic heterocycles. The highest BCUT2D eigenvalue weighted by atomic mass is 35.5. The summed E-state index contributed by atoms with van der Waals surface area (Å²) >= 11 is 5.97. The summed E-state index contributed by atoms with van der Waals surface area (Å²) in [7, 11) is 5.79. The first-order chi connectivity index (χ1) is 11.4. The normalized spacial score (nSPS) is 12.0. The maximum atomic E-state index is 12.0. The Hall–Kier alpha value is -2.31. The van der Waals surface area contributed by atoms with Gasteiger partial charge in [-0.15, -0.1) is 0 Å². The molecule has 1 aromatic heterocycles. The Morgan fingerprint density at radius 2 is 1.88 bits per heavy atom. The molecule has 0 saturated carbocycles. The molecule has 0 aliphatic rings. The highest BCUT2D eigenvalue weighted by Crippen LogP contribution is 2.20. The van der Waals surface area contributed by atoms with Crippen molar-refractivity contribution in [3.05, 3.63) is 53.3 Å². The van der Waals surface area contributed by atoms with Gasteiger partial charge in [0, 0.05) is 25.5 Å². The van der Waals surface area contributed by atoms with Crippen molar-refractivity contribution in [3.8, 4) is 0 Å². The van der Waals surface area contributed by atoms with Crippen LogP contribution < -0.4 is 10.6 Å². The van der Waals surface area contributed by atoms with E-state index in [4.69, 9.17) is 11.6 Å². The summed E-state index contributed by atoms with van der Waals surface area (Å²) in [6, 6.07) is 10.7. The molecule has 0 radical (unpaired) electrons. The van der Waals surface area contributed by atoms with Gasteiger partial charge in [0.2, 0.25) is 0 Å². The molecule has 0 spiro atoms. The number of aryl methyl sites for hydroxylation is 1. The number of carbonyl (C=O) groups excluding carboxylic acids is 2. The Kier molecular flexibility index (Phi) is 6.00. The fraction of sp³-hybridized carbons (Fsp3) is 0.294. The van der Waals surface area contributed by atoms with E-state index in [9.17, 15) is 9.59 Å². The monoisotopic (exact) mass is 348 g/mol. The average molecular weight is 349 g/mol. The van der Waals surface area contributed by atoms with Crippen LogP contribution in [0.2, 0.25) is 5.02 Å². The number of benzene rings is 1. The zero-order valence-electron chi connectivity index (χ0n) is 13.9. The van der Waals surface area contributed by atoms with Crippen molar-refractivity contribution in [2.24, 2.45) is 7.05 Å². The average Bonchev–Trinajstić information content (AvgIpc) is 2.95. The molecule has 1 atom stereocenters. The Bertz CT molecular complexity index is 727. The molecule has 2 rings (SSSR count). The Labute approximate surface area is 146 Å². The second-order valence-electron chi connectivity index (χ2n) is 5.67. The molecule has 0 saturated heterocycles. The number of anilines is 1. The molecule has 24 heavy (non-hydrogen) atoms. The summed E-state index contributed by atoms with van der Waals surface area (Å²) in [4.78, 5) is 26.0. The van der Waals surface area contributed by atoms with Crippen molar-refractivity contribution in [2.75, 3.05) is 26.0 Å². The van der Waals surface area contributed by atoms with Gasteiger partial charge in [-0.2, -0.15) is 0 Å². The number of carbonyl (C=O) groups is 2. The summed E-state index contributed by atoms with van der Waals surface area (Å²) in [6.07, 6.45) is 1.94. The van der Waals surface area contributed by atoms with Gasteiger partial charge in [-0.1, -0.05) is 23.7 Å². The van der Waals surface area contributed by atoms with Gasteiger partial charge in [0.1, 0.15) is 0 Å². The predicted octanol–water partition coefficient (Wildman–Crippen LogP) is 2.04. The number of halogens is 1. The number of amides is 2. The molecule has 1 unspecified atom stereocenters. The standard InChI is InChI=1S/C17H21ClN4O2/c1-21(2)15(14-9-6-10-22(14)3)11-19-16(23)17(24)20-13-8-5-4-7-12(13)18/h4-10,15H,11H2,1-3H3,(H,19,23)(H,20,24). The second-order valence-corrected chi connectivity index (χ2v) is 6.07. The minimum atomic E-state index is -0.743. The van der Waals surface area contributed by atoms with Crippen LogP contribution in [0, 0.1) is 0 Å². The third-order valence-corrected chi connectivity index (χ3v) is 4.06. The van der Waals surface area contributed by atoms with E-state index in [1.807, 2.05) is 48.9 Å². The van der Waals surface area contributed by atoms with Crippen molar-refractivity contribution in [3.63, 3.8) is 0 Å². The minimum absolute atomic E-state index is 0.0398. The van der Waals surface area contributed by atoms with Gasteiger partial charge >= 0.3 is 11.8 Å². The fourth-order valence-corrected chi connectivity index (χ4v) is 2.57. The Morgan fingerprint density at radius 1 is 1.17 bits per heavy atom. The van der Waals surface area contributed by atoms with Gasteiger partial charge in [0.25, 0.3) is 0 Å². The molecule has 1 heterocycles. The lowest BCUT2D eigenvalue weighted by atomic mass is 10.2. The van der Waals surface area contributed by atoms with Crippen LogP contribution in [0.5, 0.6) is 0 Å². The summed E-state index contributed by atoms with van der Waals surface area (Å²) in [5.74, 6) is -1.44. The maximum absolute atomic E-state index is 12.0. The largest absolute Gasteiger partial charge is 0.353 e. The van der Waals surface area contributed by atoms with Crippen LogP contribution in [-0.4, -0.2) is 41.9 Å². The SMILES string of the molecule is CN(C)C(CNC(=O)C(=O)Nc1ccccc1Cl)c1cccn1C. The van der Waals surface area contributed by atoms with Crippen LogP contribution in [0.25, 0.3) is 0 Å². The molecule has 7 heteroatoms. The number of likely N-dealkylation sites (N-methyl/N-ethyl adjacent to an activating group) is 1. The van der Waals surface area contributed by atoms with E-state index >= 15 is 0 Å². The van der Waals surface area contributed by atoms with Gasteiger partial charge < -0.3 is 15.2 Å². The lowest BCUT2D eigenvalue weighted by Crippen LogP contribution is -2.40. The fourth-order valence-electron chi connectivity index (χ4n) is 2.38. The molecule has 0 fully saturated rings. The summed E-state index contributed by atoms with van der Waals surface area (Å²) in [5, 5.41) is 5.56. The lowest BCUT2D eigenvalue weighted by Gasteiger charge is -2.25. The first kappa shape index (κ1) is 18.0. The van der Waals surface area contributed by atoms with Gasteiger partial charge in [-0.25, -0.2) is 0 Å². The molecule has 0 bridgehead atoms. The van der Waals surface area contributed by atoms with Crippen LogP contribution in [0.3, 0.4) is 0 Å². The molecule has 0 aliphatic carbocycles. The summed E-state index contributed by atoms with van der Waals surface area (Å²) < 4.78 is 1.99. The molecule has 2 N–H and O–H groups in total. The van der Waals surface area contributed by atoms with E-state index in [0.29, 0.717) is 17.3 Å². The summed E-state index contributed by atoms with van der Waals surface area (Å²) in [5.41, 5.74) is 1.46. The van der Waals surface area contributed by atoms with Crippen LogP contribution in [0.15, 0.2) is 42.6 Å². The number of rotatable bonds is 5. The van der Waals surface area contributed by atoms with E-state index in [0.717, 1.165) is 5.69 Å². The second kappa shape index (κ2) is 7.99. The van der Waals surface area contributed by atoms with Crippen molar-refractivity contribution in [1.82, 2.24) is 14.8 Å². The number of nitrogens with one attached hydrogen (secondary N) is 2. The van der Waals surface area contributed by atoms with Gasteiger partial charge in [0.05, 0.1) is 16.8 Å². The van der Waals surface area contributed by atoms with Gasteiger partial charge in [0.15, 0.2) is 0 Å². The Morgan fingerprint density at radius 3 is 2.46 bits per heavy atom.